The first kappa shape index (κ1) is 20.1. The zero-order valence-corrected chi connectivity index (χ0v) is 15.5. The van der Waals surface area contributed by atoms with Gasteiger partial charge < -0.3 is 14.7 Å². The monoisotopic (exact) mass is 409 g/mol. The maximum atomic E-state index is 12.5. The van der Waals surface area contributed by atoms with Gasteiger partial charge in [-0.2, -0.15) is 0 Å². The summed E-state index contributed by atoms with van der Waals surface area (Å²) in [5.41, 5.74) is 0.705. The number of benzene rings is 1. The number of hydrazine groups is 1. The van der Waals surface area contributed by atoms with Crippen LogP contribution in [0.1, 0.15) is 23.2 Å². The number of carbonyl (C=O) groups is 2. The number of ether oxygens (including phenoxy) is 1. The van der Waals surface area contributed by atoms with E-state index in [1.807, 2.05) is 0 Å². The van der Waals surface area contributed by atoms with Crippen LogP contribution in [-0.4, -0.2) is 51.6 Å². The van der Waals surface area contributed by atoms with Gasteiger partial charge in [0.2, 0.25) is 0 Å². The summed E-state index contributed by atoms with van der Waals surface area (Å²) in [5, 5.41) is 10.0. The largest absolute Gasteiger partial charge is 0.431 e. The minimum absolute atomic E-state index is 0.0641. The first-order valence-corrected chi connectivity index (χ1v) is 8.81. The van der Waals surface area contributed by atoms with Gasteiger partial charge in [0.25, 0.3) is 10.4 Å². The summed E-state index contributed by atoms with van der Waals surface area (Å²) in [5.74, 6) is 5.15. The predicted molar refractivity (Wildman–Crippen MR) is 95.9 cm³/mol. The Morgan fingerprint density at radius 1 is 1.36 bits per heavy atom. The first-order valence-electron chi connectivity index (χ1n) is 7.52. The Morgan fingerprint density at radius 3 is 2.56 bits per heavy atom. The van der Waals surface area contributed by atoms with Gasteiger partial charge in [-0.15, -0.1) is 11.6 Å². The maximum absolute atomic E-state index is 12.5. The molecule has 1 aromatic rings. The average Bonchev–Trinajstić information content (AvgIpc) is 3.09. The number of hydrogen-bond acceptors (Lipinski definition) is 5. The first-order chi connectivity index (χ1) is 11.8. The van der Waals surface area contributed by atoms with E-state index in [4.69, 9.17) is 45.4 Å². The second-order valence-corrected chi connectivity index (χ2v) is 7.21. The highest BCUT2D eigenvalue weighted by Gasteiger charge is 2.31. The Balaban J connectivity index is 2.06. The number of amides is 2. The zero-order valence-electron chi connectivity index (χ0n) is 13.2. The zero-order chi connectivity index (χ0) is 18.6. The molecule has 1 atom stereocenters. The van der Waals surface area contributed by atoms with Gasteiger partial charge in [0.05, 0.1) is 24.2 Å². The lowest BCUT2D eigenvalue weighted by molar-refractivity contribution is 0.0677. The average molecular weight is 411 g/mol. The molecule has 3 N–H and O–H groups in total. The molecular formula is C15H18Cl3N3O4. The highest BCUT2D eigenvalue weighted by molar-refractivity contribution is 6.50. The Hall–Kier alpha value is -1.25. The number of halogens is 3. The Morgan fingerprint density at radius 2 is 2.00 bits per heavy atom. The fraction of sp³-hybridized carbons (Fsp3) is 0.467. The molecule has 2 amide bonds. The Bertz CT molecular complexity index is 627. The summed E-state index contributed by atoms with van der Waals surface area (Å²) in [7, 11) is 0. The van der Waals surface area contributed by atoms with E-state index in [9.17, 15) is 14.7 Å². The van der Waals surface area contributed by atoms with Crippen LogP contribution in [-0.2, 0) is 4.74 Å². The van der Waals surface area contributed by atoms with Gasteiger partial charge in [0.15, 0.2) is 0 Å². The molecule has 1 fully saturated rings. The van der Waals surface area contributed by atoms with E-state index in [1.54, 1.807) is 4.90 Å². The number of aliphatic hydroxyl groups excluding tert-OH is 1. The lowest BCUT2D eigenvalue weighted by Crippen LogP contribution is -2.41. The summed E-state index contributed by atoms with van der Waals surface area (Å²) >= 11 is 16.8. The molecule has 1 aliphatic rings. The number of aliphatic hydroxyl groups is 1. The number of alkyl halides is 3. The number of likely N-dealkylation sites (tertiary alicyclic amines) is 1. The van der Waals surface area contributed by atoms with Crippen molar-refractivity contribution in [1.29, 1.82) is 0 Å². The number of hydrogen-bond donors (Lipinski definition) is 2. The highest BCUT2D eigenvalue weighted by Crippen LogP contribution is 2.26. The van der Waals surface area contributed by atoms with Crippen LogP contribution in [0.5, 0.6) is 0 Å². The summed E-state index contributed by atoms with van der Waals surface area (Å²) in [6.45, 7) is 0.540. The fourth-order valence-corrected chi connectivity index (χ4v) is 2.72. The minimum atomic E-state index is -1.89. The molecule has 0 bridgehead atoms. The van der Waals surface area contributed by atoms with Crippen molar-refractivity contribution >= 4 is 52.5 Å². The number of nitrogens with zero attached hydrogens (tertiary/aromatic N) is 2. The van der Waals surface area contributed by atoms with Gasteiger partial charge in [-0.1, -0.05) is 23.2 Å². The maximum Gasteiger partial charge on any atom is 0.431 e. The third kappa shape index (κ3) is 4.89. The molecule has 0 aliphatic carbocycles. The molecule has 1 aromatic carbocycles. The molecule has 0 radical (unpaired) electrons. The van der Waals surface area contributed by atoms with Crippen LogP contribution in [0.2, 0.25) is 0 Å². The standard InChI is InChI=1S/C15H18Cl3N3O4/c16-9-15(17,18)25-14(24)21(19)11-5-3-10(4-6-11)13(23)20-7-1-2-12(20)8-22/h3-6,12,22H,1-2,7-9,19H2. The fourth-order valence-electron chi connectivity index (χ4n) is 2.53. The van der Waals surface area contributed by atoms with Crippen LogP contribution >= 0.6 is 34.8 Å². The quantitative estimate of drug-likeness (QED) is 0.336. The number of rotatable bonds is 5. The van der Waals surface area contributed by atoms with Gasteiger partial charge in [0.1, 0.15) is 0 Å². The van der Waals surface area contributed by atoms with Crippen LogP contribution in [0.4, 0.5) is 10.5 Å². The topological polar surface area (TPSA) is 96.1 Å². The van der Waals surface area contributed by atoms with Gasteiger partial charge in [-0.05, 0) is 37.1 Å². The van der Waals surface area contributed by atoms with Crippen molar-refractivity contribution in [2.45, 2.75) is 23.4 Å². The van der Waals surface area contributed by atoms with E-state index in [2.05, 4.69) is 0 Å². The number of nitrogens with two attached hydrogens (primary N) is 1. The van der Waals surface area contributed by atoms with Crippen LogP contribution in [0, 0.1) is 0 Å². The van der Waals surface area contributed by atoms with Crippen molar-refractivity contribution in [2.24, 2.45) is 5.84 Å². The summed E-state index contributed by atoms with van der Waals surface area (Å²) < 4.78 is 2.86. The highest BCUT2D eigenvalue weighted by atomic mass is 35.5. The van der Waals surface area contributed by atoms with E-state index in [0.29, 0.717) is 17.1 Å². The molecule has 1 unspecified atom stereocenters. The molecule has 7 nitrogen and oxygen atoms in total. The van der Waals surface area contributed by atoms with E-state index in [1.165, 1.54) is 24.3 Å². The molecule has 138 valence electrons. The normalized spacial score (nSPS) is 17.5. The molecule has 2 rings (SSSR count). The minimum Gasteiger partial charge on any atom is -0.410 e. The SMILES string of the molecule is NN(C(=O)OC(Cl)(Cl)CCl)c1ccc(C(=O)N2CCCC2CO)cc1. The van der Waals surface area contributed by atoms with Crippen molar-refractivity contribution in [3.8, 4) is 0 Å². The third-order valence-corrected chi connectivity index (χ3v) is 4.90. The van der Waals surface area contributed by atoms with Gasteiger partial charge >= 0.3 is 6.09 Å². The molecule has 1 saturated heterocycles. The lowest BCUT2D eigenvalue weighted by Gasteiger charge is -2.24. The number of carbonyl (C=O) groups excluding carboxylic acids is 2. The van der Waals surface area contributed by atoms with Crippen molar-refractivity contribution < 1.29 is 19.4 Å². The van der Waals surface area contributed by atoms with Gasteiger partial charge in [-0.3, -0.25) is 4.79 Å². The Labute approximate surface area is 160 Å². The second-order valence-electron chi connectivity index (χ2n) is 5.53. The molecule has 1 aliphatic heterocycles. The van der Waals surface area contributed by atoms with Crippen molar-refractivity contribution in [2.75, 3.05) is 24.0 Å². The van der Waals surface area contributed by atoms with Gasteiger partial charge in [0, 0.05) is 12.1 Å². The van der Waals surface area contributed by atoms with Crippen molar-refractivity contribution in [1.82, 2.24) is 4.90 Å². The molecule has 0 saturated carbocycles. The van der Waals surface area contributed by atoms with Crippen molar-refractivity contribution in [3.63, 3.8) is 0 Å². The third-order valence-electron chi connectivity index (χ3n) is 3.83. The molecule has 1 heterocycles. The van der Waals surface area contributed by atoms with Crippen LogP contribution < -0.4 is 10.9 Å². The summed E-state index contributed by atoms with van der Waals surface area (Å²) in [6.07, 6.45) is 0.642. The van der Waals surface area contributed by atoms with Crippen LogP contribution in [0.3, 0.4) is 0 Å². The number of anilines is 1. The predicted octanol–water partition coefficient (Wildman–Crippen LogP) is 2.47. The lowest BCUT2D eigenvalue weighted by atomic mass is 10.1. The van der Waals surface area contributed by atoms with E-state index >= 15 is 0 Å². The molecule has 25 heavy (non-hydrogen) atoms. The molecule has 0 spiro atoms. The van der Waals surface area contributed by atoms with E-state index in [-0.39, 0.29) is 30.1 Å². The van der Waals surface area contributed by atoms with Gasteiger partial charge in [-0.25, -0.2) is 15.6 Å². The Kier molecular flexibility index (Phi) is 6.76. The summed E-state index contributed by atoms with van der Waals surface area (Å²) in [6, 6.07) is 5.89. The summed E-state index contributed by atoms with van der Waals surface area (Å²) in [4.78, 5) is 26.0. The van der Waals surface area contributed by atoms with E-state index < -0.39 is 10.6 Å². The molecule has 10 heteroatoms. The van der Waals surface area contributed by atoms with Crippen LogP contribution in [0.25, 0.3) is 0 Å². The second kappa shape index (κ2) is 8.42. The van der Waals surface area contributed by atoms with Crippen molar-refractivity contribution in [3.05, 3.63) is 29.8 Å². The van der Waals surface area contributed by atoms with E-state index in [0.717, 1.165) is 12.8 Å². The molecule has 0 aromatic heterocycles. The molecular weight excluding hydrogens is 393 g/mol. The van der Waals surface area contributed by atoms with Crippen LogP contribution in [0.15, 0.2) is 24.3 Å². The smallest absolute Gasteiger partial charge is 0.410 e.